The summed E-state index contributed by atoms with van der Waals surface area (Å²) in [4.78, 5) is 18.7. The van der Waals surface area contributed by atoms with Crippen LogP contribution in [-0.2, 0) is 19.5 Å². The summed E-state index contributed by atoms with van der Waals surface area (Å²) in [6.07, 6.45) is 5.63. The van der Waals surface area contributed by atoms with Gasteiger partial charge in [-0.1, -0.05) is 70.0 Å². The molecule has 1 aliphatic rings. The molecule has 2 aromatic carbocycles. The van der Waals surface area contributed by atoms with Crippen molar-refractivity contribution in [2.75, 3.05) is 0 Å². The minimum Gasteiger partial charge on any atom is -0.322 e. The van der Waals surface area contributed by atoms with E-state index >= 15 is 0 Å². The van der Waals surface area contributed by atoms with Crippen LogP contribution in [0.15, 0.2) is 59.4 Å². The molecule has 1 N–H and O–H groups in total. The second-order valence-electron chi connectivity index (χ2n) is 10.4. The number of nitrogens with zero attached hydrogens (tertiary/aromatic N) is 5. The van der Waals surface area contributed by atoms with Gasteiger partial charge in [-0.3, -0.25) is 9.69 Å². The van der Waals surface area contributed by atoms with E-state index in [1.807, 2.05) is 12.1 Å². The molecule has 1 aliphatic carbocycles. The molecule has 0 unspecified atom stereocenters. The van der Waals surface area contributed by atoms with E-state index in [2.05, 4.69) is 93.3 Å². The van der Waals surface area contributed by atoms with Crippen LogP contribution >= 0.6 is 0 Å². The largest absolute Gasteiger partial charge is 0.322 e. The number of nitrogens with one attached hydrogen (secondary N) is 1. The van der Waals surface area contributed by atoms with E-state index in [1.54, 1.807) is 0 Å². The Kier molecular flexibility index (Phi) is 7.28. The Morgan fingerprint density at radius 3 is 2.53 bits per heavy atom. The number of rotatable bonds is 9. The van der Waals surface area contributed by atoms with Gasteiger partial charge in [0, 0.05) is 24.2 Å². The fourth-order valence-corrected chi connectivity index (χ4v) is 5.62. The Labute approximate surface area is 212 Å². The van der Waals surface area contributed by atoms with Gasteiger partial charge in [0.25, 0.3) is 5.56 Å². The number of fused-ring (bicyclic) bond motifs is 1. The quantitative estimate of drug-likeness (QED) is 0.335. The van der Waals surface area contributed by atoms with E-state index in [9.17, 15) is 4.79 Å². The predicted octanol–water partition coefficient (Wildman–Crippen LogP) is 5.59. The van der Waals surface area contributed by atoms with Gasteiger partial charge >= 0.3 is 0 Å². The Bertz CT molecular complexity index is 1350. The van der Waals surface area contributed by atoms with E-state index in [0.29, 0.717) is 19.1 Å². The molecule has 5 rings (SSSR count). The third-order valence-corrected chi connectivity index (χ3v) is 7.47. The number of pyridine rings is 1. The van der Waals surface area contributed by atoms with Gasteiger partial charge in [-0.25, -0.2) is 4.68 Å². The highest BCUT2D eigenvalue weighted by Gasteiger charge is 2.32. The number of H-pyrrole nitrogens is 1. The van der Waals surface area contributed by atoms with E-state index in [0.717, 1.165) is 41.6 Å². The van der Waals surface area contributed by atoms with Crippen LogP contribution in [0.25, 0.3) is 10.9 Å². The smallest absolute Gasteiger partial charge is 0.252 e. The third kappa shape index (κ3) is 5.12. The lowest BCUT2D eigenvalue weighted by molar-refractivity contribution is 0.123. The molecule has 1 atom stereocenters. The summed E-state index contributed by atoms with van der Waals surface area (Å²) in [6.45, 7) is 7.80. The summed E-state index contributed by atoms with van der Waals surface area (Å²) in [5.41, 5.74) is 4.06. The molecule has 0 spiro atoms. The van der Waals surface area contributed by atoms with Crippen molar-refractivity contribution in [3.8, 4) is 0 Å². The van der Waals surface area contributed by atoms with Crippen LogP contribution in [0.2, 0.25) is 0 Å². The summed E-state index contributed by atoms with van der Waals surface area (Å²) < 4.78 is 2.06. The summed E-state index contributed by atoms with van der Waals surface area (Å²) in [7, 11) is 0. The third-order valence-electron chi connectivity index (χ3n) is 7.47. The zero-order chi connectivity index (χ0) is 25.1. The molecular weight excluding hydrogens is 448 g/mol. The van der Waals surface area contributed by atoms with E-state index in [4.69, 9.17) is 0 Å². The first-order chi connectivity index (χ1) is 17.5. The number of hydrogen-bond donors (Lipinski definition) is 1. The lowest BCUT2D eigenvalue weighted by Gasteiger charge is -2.34. The van der Waals surface area contributed by atoms with Crippen LogP contribution in [0.1, 0.15) is 81.1 Å². The molecule has 0 radical (unpaired) electrons. The summed E-state index contributed by atoms with van der Waals surface area (Å²) in [6, 6.07) is 19.1. The molecule has 0 bridgehead atoms. The highest BCUT2D eigenvalue weighted by Crippen LogP contribution is 2.35. The fourth-order valence-electron chi connectivity index (χ4n) is 5.62. The number of tetrazole rings is 1. The minimum atomic E-state index is -0.0392. The van der Waals surface area contributed by atoms with Crippen LogP contribution in [0.3, 0.4) is 0 Å². The number of aryl methyl sites for hydroxylation is 1. The predicted molar refractivity (Wildman–Crippen MR) is 143 cm³/mol. The topological polar surface area (TPSA) is 79.7 Å². The van der Waals surface area contributed by atoms with E-state index < -0.39 is 0 Å². The monoisotopic (exact) mass is 484 g/mol. The summed E-state index contributed by atoms with van der Waals surface area (Å²) >= 11 is 0. The molecule has 0 aliphatic heterocycles. The molecule has 2 heterocycles. The zero-order valence-electron chi connectivity index (χ0n) is 21.5. The summed E-state index contributed by atoms with van der Waals surface area (Å²) in [5, 5.41) is 14.2. The average molecular weight is 485 g/mol. The average Bonchev–Trinajstić information content (AvgIpc) is 3.57. The zero-order valence-corrected chi connectivity index (χ0v) is 21.5. The van der Waals surface area contributed by atoms with Crippen molar-refractivity contribution in [2.45, 2.75) is 78.0 Å². The van der Waals surface area contributed by atoms with Crippen molar-refractivity contribution in [1.29, 1.82) is 0 Å². The van der Waals surface area contributed by atoms with Gasteiger partial charge in [0.1, 0.15) is 0 Å². The van der Waals surface area contributed by atoms with Gasteiger partial charge in [0.05, 0.1) is 12.1 Å². The number of aromatic amines is 1. The molecular formula is C29H36N6O. The fraction of sp³-hybridized carbons (Fsp3) is 0.448. The van der Waals surface area contributed by atoms with Crippen molar-refractivity contribution >= 4 is 10.9 Å². The molecule has 0 amide bonds. The van der Waals surface area contributed by atoms with E-state index in [1.165, 1.54) is 24.0 Å². The minimum absolute atomic E-state index is 0.0297. The van der Waals surface area contributed by atoms with Crippen molar-refractivity contribution in [3.63, 3.8) is 0 Å². The highest BCUT2D eigenvalue weighted by atomic mass is 16.1. The van der Waals surface area contributed by atoms with Gasteiger partial charge < -0.3 is 4.98 Å². The molecule has 7 heteroatoms. The normalized spacial score (nSPS) is 15.4. The Morgan fingerprint density at radius 1 is 1.03 bits per heavy atom. The maximum Gasteiger partial charge on any atom is 0.252 e. The Morgan fingerprint density at radius 2 is 1.81 bits per heavy atom. The van der Waals surface area contributed by atoms with Gasteiger partial charge in [-0.2, -0.15) is 0 Å². The molecule has 2 aromatic heterocycles. The SMILES string of the molecule is CCc1ccc2[nH]c(=O)c(CN(Cc3ccccc3)[C@@H](c3nnnn3C3CCCC3)C(C)C)cc2c1. The van der Waals surface area contributed by atoms with Crippen LogP contribution in [0.4, 0.5) is 0 Å². The second kappa shape index (κ2) is 10.7. The summed E-state index contributed by atoms with van der Waals surface area (Å²) in [5.74, 6) is 1.16. The van der Waals surface area contributed by atoms with Gasteiger partial charge in [-0.15, -0.1) is 5.10 Å². The van der Waals surface area contributed by atoms with Crippen molar-refractivity contribution in [1.82, 2.24) is 30.1 Å². The van der Waals surface area contributed by atoms with Crippen LogP contribution in [0.5, 0.6) is 0 Å². The van der Waals surface area contributed by atoms with Crippen molar-refractivity contribution < 1.29 is 0 Å². The van der Waals surface area contributed by atoms with Crippen LogP contribution in [0, 0.1) is 5.92 Å². The standard InChI is InChI=1S/C29H36N6O/c1-4-21-14-15-26-23(16-21)17-24(29(36)30-26)19-34(18-22-10-6-5-7-11-22)27(20(2)3)28-31-32-33-35(28)25-12-8-9-13-25/h5-7,10-11,14-17,20,25,27H,4,8-9,12-13,18-19H2,1-3H3,(H,30,36)/t27-/m1/s1. The second-order valence-corrected chi connectivity index (χ2v) is 10.4. The molecule has 36 heavy (non-hydrogen) atoms. The molecule has 1 saturated carbocycles. The maximum atomic E-state index is 13.2. The number of benzene rings is 2. The van der Waals surface area contributed by atoms with Gasteiger partial charge in [0.15, 0.2) is 5.82 Å². The molecule has 188 valence electrons. The first-order valence-electron chi connectivity index (χ1n) is 13.2. The van der Waals surface area contributed by atoms with Crippen LogP contribution in [-0.4, -0.2) is 30.1 Å². The number of hydrogen-bond acceptors (Lipinski definition) is 5. The van der Waals surface area contributed by atoms with Gasteiger partial charge in [0.2, 0.25) is 0 Å². The van der Waals surface area contributed by atoms with Gasteiger partial charge in [-0.05, 0) is 70.3 Å². The molecule has 0 saturated heterocycles. The molecule has 7 nitrogen and oxygen atoms in total. The highest BCUT2D eigenvalue weighted by molar-refractivity contribution is 5.79. The van der Waals surface area contributed by atoms with Crippen molar-refractivity contribution in [3.05, 3.63) is 87.5 Å². The maximum absolute atomic E-state index is 13.2. The van der Waals surface area contributed by atoms with E-state index in [-0.39, 0.29) is 17.5 Å². The molecule has 1 fully saturated rings. The first-order valence-corrected chi connectivity index (χ1v) is 13.2. The number of aromatic nitrogens is 5. The lowest BCUT2D eigenvalue weighted by atomic mass is 9.99. The Balaban J connectivity index is 1.56. The lowest BCUT2D eigenvalue weighted by Crippen LogP contribution is -2.35. The molecule has 4 aromatic rings. The van der Waals surface area contributed by atoms with Crippen molar-refractivity contribution in [2.24, 2.45) is 5.92 Å². The Hall–Kier alpha value is -3.32. The van der Waals surface area contributed by atoms with Crippen LogP contribution < -0.4 is 5.56 Å². The first kappa shape index (κ1) is 24.4.